The third-order valence-electron chi connectivity index (χ3n) is 4.74. The summed E-state index contributed by atoms with van der Waals surface area (Å²) in [5.41, 5.74) is 8.27. The number of anilines is 1. The van der Waals surface area contributed by atoms with Crippen LogP contribution in [0.2, 0.25) is 0 Å². The Labute approximate surface area is 156 Å². The van der Waals surface area contributed by atoms with E-state index in [0.29, 0.717) is 37.0 Å². The number of nitrogens with two attached hydrogens (primary N) is 1. The molecule has 2 heterocycles. The fourth-order valence-electron chi connectivity index (χ4n) is 3.27. The molecule has 4 rings (SSSR count). The summed E-state index contributed by atoms with van der Waals surface area (Å²) in [7, 11) is 1.59. The van der Waals surface area contributed by atoms with Gasteiger partial charge in [0.1, 0.15) is 5.75 Å². The van der Waals surface area contributed by atoms with Crippen molar-refractivity contribution in [1.29, 1.82) is 0 Å². The number of amides is 1. The van der Waals surface area contributed by atoms with Crippen molar-refractivity contribution >= 4 is 11.6 Å². The Hall–Kier alpha value is -3.19. The van der Waals surface area contributed by atoms with Crippen molar-refractivity contribution < 1.29 is 14.1 Å². The normalized spacial score (nSPS) is 16.7. The third-order valence-corrected chi connectivity index (χ3v) is 4.74. The molecule has 1 fully saturated rings. The van der Waals surface area contributed by atoms with Gasteiger partial charge in [-0.05, 0) is 17.7 Å². The summed E-state index contributed by atoms with van der Waals surface area (Å²) in [6.45, 7) is 0.966. The SMILES string of the molecule is COc1ccccc1N1CC(c2nc(-c3ccc(CN)cc3)no2)CC1=O. The standard InChI is InChI=1S/C20H20N4O3/c1-26-17-5-3-2-4-16(17)24-12-15(10-18(24)25)20-22-19(23-27-20)14-8-6-13(11-21)7-9-14/h2-9,15H,10-12,21H2,1H3. The highest BCUT2D eigenvalue weighted by atomic mass is 16.5. The number of ether oxygens (including phenoxy) is 1. The van der Waals surface area contributed by atoms with Crippen molar-refractivity contribution in [2.45, 2.75) is 18.9 Å². The Kier molecular flexibility index (Phi) is 4.60. The molecule has 1 unspecified atom stereocenters. The van der Waals surface area contributed by atoms with E-state index in [1.54, 1.807) is 12.0 Å². The number of methoxy groups -OCH3 is 1. The van der Waals surface area contributed by atoms with Crippen molar-refractivity contribution in [1.82, 2.24) is 10.1 Å². The molecule has 2 aromatic carbocycles. The van der Waals surface area contributed by atoms with E-state index in [4.69, 9.17) is 15.0 Å². The lowest BCUT2D eigenvalue weighted by Crippen LogP contribution is -2.24. The lowest BCUT2D eigenvalue weighted by atomic mass is 10.1. The maximum atomic E-state index is 12.5. The van der Waals surface area contributed by atoms with Crippen LogP contribution in [0.3, 0.4) is 0 Å². The predicted molar refractivity (Wildman–Crippen MR) is 100 cm³/mol. The van der Waals surface area contributed by atoms with Gasteiger partial charge < -0.3 is 19.9 Å². The summed E-state index contributed by atoms with van der Waals surface area (Å²) < 4.78 is 10.8. The van der Waals surface area contributed by atoms with E-state index in [1.807, 2.05) is 48.5 Å². The molecule has 3 aromatic rings. The van der Waals surface area contributed by atoms with Crippen molar-refractivity contribution in [3.05, 3.63) is 60.0 Å². The zero-order valence-corrected chi connectivity index (χ0v) is 15.0. The molecule has 1 aliphatic rings. The Bertz CT molecular complexity index is 952. The largest absolute Gasteiger partial charge is 0.495 e. The highest BCUT2D eigenvalue weighted by molar-refractivity contribution is 5.97. The van der Waals surface area contributed by atoms with E-state index < -0.39 is 0 Å². The molecule has 1 aliphatic heterocycles. The average molecular weight is 364 g/mol. The lowest BCUT2D eigenvalue weighted by Gasteiger charge is -2.18. The number of aromatic nitrogens is 2. The summed E-state index contributed by atoms with van der Waals surface area (Å²) in [5.74, 6) is 1.51. The Balaban J connectivity index is 1.55. The van der Waals surface area contributed by atoms with Crippen LogP contribution in [0.15, 0.2) is 53.1 Å². The second-order valence-electron chi connectivity index (χ2n) is 6.43. The van der Waals surface area contributed by atoms with Gasteiger partial charge in [0.05, 0.1) is 18.7 Å². The van der Waals surface area contributed by atoms with Gasteiger partial charge in [0, 0.05) is 25.1 Å². The zero-order chi connectivity index (χ0) is 18.8. The molecular formula is C20H20N4O3. The molecule has 0 bridgehead atoms. The number of nitrogens with zero attached hydrogens (tertiary/aromatic N) is 3. The molecule has 0 spiro atoms. The van der Waals surface area contributed by atoms with E-state index in [-0.39, 0.29) is 11.8 Å². The Morgan fingerprint density at radius 2 is 2.00 bits per heavy atom. The van der Waals surface area contributed by atoms with Crippen molar-refractivity contribution in [2.75, 3.05) is 18.6 Å². The number of benzene rings is 2. The lowest BCUT2D eigenvalue weighted by molar-refractivity contribution is -0.117. The summed E-state index contributed by atoms with van der Waals surface area (Å²) in [4.78, 5) is 18.8. The first-order valence-electron chi connectivity index (χ1n) is 8.76. The minimum absolute atomic E-state index is 0.0107. The minimum atomic E-state index is -0.146. The molecule has 7 nitrogen and oxygen atoms in total. The van der Waals surface area contributed by atoms with Gasteiger partial charge in [0.2, 0.25) is 17.6 Å². The van der Waals surface area contributed by atoms with Crippen LogP contribution in [-0.2, 0) is 11.3 Å². The van der Waals surface area contributed by atoms with Crippen LogP contribution in [0.4, 0.5) is 5.69 Å². The maximum Gasteiger partial charge on any atom is 0.232 e. The highest BCUT2D eigenvalue weighted by Gasteiger charge is 2.36. The van der Waals surface area contributed by atoms with E-state index in [0.717, 1.165) is 16.8 Å². The van der Waals surface area contributed by atoms with Gasteiger partial charge in [-0.3, -0.25) is 4.79 Å². The van der Waals surface area contributed by atoms with Gasteiger partial charge in [-0.1, -0.05) is 41.6 Å². The topological polar surface area (TPSA) is 94.5 Å². The van der Waals surface area contributed by atoms with E-state index in [2.05, 4.69) is 10.1 Å². The second-order valence-corrected chi connectivity index (χ2v) is 6.43. The summed E-state index contributed by atoms with van der Waals surface area (Å²) in [6.07, 6.45) is 0.325. The first-order valence-corrected chi connectivity index (χ1v) is 8.76. The molecule has 0 saturated carbocycles. The number of rotatable bonds is 5. The van der Waals surface area contributed by atoms with Crippen molar-refractivity contribution in [3.63, 3.8) is 0 Å². The van der Waals surface area contributed by atoms with Gasteiger partial charge in [-0.25, -0.2) is 0 Å². The molecule has 27 heavy (non-hydrogen) atoms. The minimum Gasteiger partial charge on any atom is -0.495 e. The molecule has 138 valence electrons. The van der Waals surface area contributed by atoms with E-state index in [9.17, 15) is 4.79 Å². The van der Waals surface area contributed by atoms with Crippen LogP contribution in [0.5, 0.6) is 5.75 Å². The van der Waals surface area contributed by atoms with Crippen LogP contribution in [0.1, 0.15) is 23.8 Å². The number of carbonyl (C=O) groups is 1. The van der Waals surface area contributed by atoms with Gasteiger partial charge in [0.15, 0.2) is 0 Å². The molecule has 2 N–H and O–H groups in total. The van der Waals surface area contributed by atoms with Gasteiger partial charge in [-0.15, -0.1) is 0 Å². The van der Waals surface area contributed by atoms with Crippen LogP contribution >= 0.6 is 0 Å². The zero-order valence-electron chi connectivity index (χ0n) is 15.0. The van der Waals surface area contributed by atoms with Gasteiger partial charge in [0.25, 0.3) is 0 Å². The molecule has 1 atom stereocenters. The molecule has 0 aliphatic carbocycles. The van der Waals surface area contributed by atoms with E-state index in [1.165, 1.54) is 0 Å². The number of carbonyl (C=O) groups excluding carboxylic acids is 1. The summed E-state index contributed by atoms with van der Waals surface area (Å²) in [6, 6.07) is 15.2. The third kappa shape index (κ3) is 3.29. The predicted octanol–water partition coefficient (Wildman–Crippen LogP) is 2.72. The van der Waals surface area contributed by atoms with Crippen molar-refractivity contribution in [2.24, 2.45) is 5.73 Å². The highest BCUT2D eigenvalue weighted by Crippen LogP contribution is 2.36. The quantitative estimate of drug-likeness (QED) is 0.748. The number of hydrogen-bond donors (Lipinski definition) is 1. The number of hydrogen-bond acceptors (Lipinski definition) is 6. The smallest absolute Gasteiger partial charge is 0.232 e. The molecule has 7 heteroatoms. The van der Waals surface area contributed by atoms with Crippen molar-refractivity contribution in [3.8, 4) is 17.1 Å². The average Bonchev–Trinajstić information content (AvgIpc) is 3.35. The fourth-order valence-corrected chi connectivity index (χ4v) is 3.27. The van der Waals surface area contributed by atoms with Crippen LogP contribution < -0.4 is 15.4 Å². The Morgan fingerprint density at radius 1 is 1.22 bits per heavy atom. The summed E-state index contributed by atoms with van der Waals surface area (Å²) >= 11 is 0. The summed E-state index contributed by atoms with van der Waals surface area (Å²) in [5, 5.41) is 4.07. The molecular weight excluding hydrogens is 344 g/mol. The molecule has 0 radical (unpaired) electrons. The van der Waals surface area contributed by atoms with Crippen LogP contribution in [0.25, 0.3) is 11.4 Å². The Morgan fingerprint density at radius 3 is 2.74 bits per heavy atom. The molecule has 1 aromatic heterocycles. The first-order chi connectivity index (χ1) is 13.2. The molecule has 1 saturated heterocycles. The first kappa shape index (κ1) is 17.2. The van der Waals surface area contributed by atoms with E-state index >= 15 is 0 Å². The fraction of sp³-hybridized carbons (Fsp3) is 0.250. The monoisotopic (exact) mass is 364 g/mol. The molecule has 1 amide bonds. The van der Waals surface area contributed by atoms with Gasteiger partial charge >= 0.3 is 0 Å². The van der Waals surface area contributed by atoms with Crippen LogP contribution in [-0.4, -0.2) is 29.7 Å². The maximum absolute atomic E-state index is 12.5. The second kappa shape index (κ2) is 7.20. The van der Waals surface area contributed by atoms with Crippen LogP contribution in [0, 0.1) is 0 Å². The number of para-hydroxylation sites is 2. The van der Waals surface area contributed by atoms with Gasteiger partial charge in [-0.2, -0.15) is 4.98 Å².